The van der Waals surface area contributed by atoms with E-state index in [9.17, 15) is 0 Å². The van der Waals surface area contributed by atoms with Crippen LogP contribution in [0.4, 0.5) is 5.69 Å². The molecule has 0 fully saturated rings. The second kappa shape index (κ2) is 4.57. The van der Waals surface area contributed by atoms with Crippen LogP contribution in [0.2, 0.25) is 0 Å². The molecule has 0 bridgehead atoms. The maximum Gasteiger partial charge on any atom is 0.142 e. The Morgan fingerprint density at radius 3 is 2.65 bits per heavy atom. The molecule has 0 saturated heterocycles. The van der Waals surface area contributed by atoms with E-state index in [2.05, 4.69) is 53.8 Å². The van der Waals surface area contributed by atoms with E-state index in [-0.39, 0.29) is 6.04 Å². The first-order valence-electron chi connectivity index (χ1n) is 6.88. The summed E-state index contributed by atoms with van der Waals surface area (Å²) in [6.45, 7) is 0.658. The number of fused-ring (bicyclic) bond motifs is 2. The molecule has 3 aromatic rings. The minimum Gasteiger partial charge on any atom is -0.489 e. The van der Waals surface area contributed by atoms with E-state index in [1.807, 2.05) is 18.2 Å². The lowest BCUT2D eigenvalue weighted by Crippen LogP contribution is -2.24. The zero-order valence-corrected chi connectivity index (χ0v) is 11.0. The Morgan fingerprint density at radius 1 is 0.850 bits per heavy atom. The third-order valence-electron chi connectivity index (χ3n) is 3.82. The van der Waals surface area contributed by atoms with Crippen LogP contribution in [0.25, 0.3) is 10.8 Å². The van der Waals surface area contributed by atoms with Gasteiger partial charge in [0.15, 0.2) is 0 Å². The first kappa shape index (κ1) is 11.4. The van der Waals surface area contributed by atoms with Gasteiger partial charge in [-0.15, -0.1) is 0 Å². The second-order valence-corrected chi connectivity index (χ2v) is 5.07. The molecule has 98 valence electrons. The predicted molar refractivity (Wildman–Crippen MR) is 82.2 cm³/mol. The average Bonchev–Trinajstić information content (AvgIpc) is 2.54. The van der Waals surface area contributed by atoms with Crippen LogP contribution in [-0.2, 0) is 0 Å². The number of para-hydroxylation sites is 2. The fraction of sp³-hybridized carbons (Fsp3) is 0.111. The van der Waals surface area contributed by atoms with Gasteiger partial charge >= 0.3 is 0 Å². The summed E-state index contributed by atoms with van der Waals surface area (Å²) in [5.41, 5.74) is 2.36. The number of ether oxygens (including phenoxy) is 1. The van der Waals surface area contributed by atoms with E-state index in [0.717, 1.165) is 11.4 Å². The van der Waals surface area contributed by atoms with Crippen LogP contribution in [0.15, 0.2) is 66.7 Å². The molecule has 3 aromatic carbocycles. The molecule has 2 heteroatoms. The van der Waals surface area contributed by atoms with Gasteiger partial charge in [-0.3, -0.25) is 0 Å². The summed E-state index contributed by atoms with van der Waals surface area (Å²) in [5.74, 6) is 0.934. The van der Waals surface area contributed by atoms with Crippen molar-refractivity contribution in [2.24, 2.45) is 0 Å². The van der Waals surface area contributed by atoms with E-state index >= 15 is 0 Å². The molecule has 1 heterocycles. The quantitative estimate of drug-likeness (QED) is 0.701. The normalized spacial score (nSPS) is 17.1. The average molecular weight is 261 g/mol. The molecule has 0 unspecified atom stereocenters. The summed E-state index contributed by atoms with van der Waals surface area (Å²) in [6, 6.07) is 23.2. The van der Waals surface area contributed by atoms with E-state index in [4.69, 9.17) is 4.74 Å². The highest BCUT2D eigenvalue weighted by Gasteiger charge is 2.21. The van der Waals surface area contributed by atoms with Crippen LogP contribution in [0, 0.1) is 0 Å². The Balaban J connectivity index is 1.78. The number of nitrogens with one attached hydrogen (secondary N) is 1. The SMILES string of the molecule is c1ccc2c(c1)N[C@H](c1cccc3ccccc13)CO2. The van der Waals surface area contributed by atoms with Crippen molar-refractivity contribution in [3.63, 3.8) is 0 Å². The van der Waals surface area contributed by atoms with Gasteiger partial charge in [-0.1, -0.05) is 54.6 Å². The standard InChI is InChI=1S/C18H15NO/c1-2-8-14-13(6-1)7-5-9-15(14)17-12-20-18-11-4-3-10-16(18)19-17/h1-11,17,19H,12H2/t17-/m0/s1. The van der Waals surface area contributed by atoms with Crippen LogP contribution in [-0.4, -0.2) is 6.61 Å². The smallest absolute Gasteiger partial charge is 0.142 e. The van der Waals surface area contributed by atoms with Gasteiger partial charge in [0.1, 0.15) is 12.4 Å². The highest BCUT2D eigenvalue weighted by Crippen LogP contribution is 2.35. The third-order valence-corrected chi connectivity index (χ3v) is 3.82. The maximum atomic E-state index is 5.88. The van der Waals surface area contributed by atoms with Crippen LogP contribution in [0.1, 0.15) is 11.6 Å². The van der Waals surface area contributed by atoms with Gasteiger partial charge in [-0.25, -0.2) is 0 Å². The minimum atomic E-state index is 0.191. The van der Waals surface area contributed by atoms with Gasteiger partial charge in [0.25, 0.3) is 0 Å². The first-order valence-corrected chi connectivity index (χ1v) is 6.88. The third kappa shape index (κ3) is 1.81. The molecule has 1 N–H and O–H groups in total. The van der Waals surface area contributed by atoms with E-state index in [1.54, 1.807) is 0 Å². The molecule has 0 amide bonds. The lowest BCUT2D eigenvalue weighted by atomic mass is 9.98. The van der Waals surface area contributed by atoms with Crippen molar-refractivity contribution in [3.8, 4) is 5.75 Å². The van der Waals surface area contributed by atoms with Crippen LogP contribution < -0.4 is 10.1 Å². The molecule has 1 aliphatic rings. The molecule has 1 atom stereocenters. The van der Waals surface area contributed by atoms with Crippen molar-refractivity contribution >= 4 is 16.5 Å². The molecule has 0 aliphatic carbocycles. The topological polar surface area (TPSA) is 21.3 Å². The van der Waals surface area contributed by atoms with Gasteiger partial charge in [0, 0.05) is 0 Å². The monoisotopic (exact) mass is 261 g/mol. The summed E-state index contributed by atoms with van der Waals surface area (Å²) in [6.07, 6.45) is 0. The van der Waals surface area contributed by atoms with Gasteiger partial charge in [0.05, 0.1) is 11.7 Å². The molecular weight excluding hydrogens is 246 g/mol. The molecule has 0 saturated carbocycles. The lowest BCUT2D eigenvalue weighted by Gasteiger charge is -2.28. The summed E-state index contributed by atoms with van der Waals surface area (Å²) >= 11 is 0. The van der Waals surface area contributed by atoms with Crippen molar-refractivity contribution in [1.82, 2.24) is 0 Å². The van der Waals surface area contributed by atoms with Crippen molar-refractivity contribution in [3.05, 3.63) is 72.3 Å². The summed E-state index contributed by atoms with van der Waals surface area (Å²) in [7, 11) is 0. The molecule has 0 radical (unpaired) electrons. The van der Waals surface area contributed by atoms with Gasteiger partial charge in [0.2, 0.25) is 0 Å². The zero-order valence-electron chi connectivity index (χ0n) is 11.0. The largest absolute Gasteiger partial charge is 0.489 e. The fourth-order valence-electron chi connectivity index (χ4n) is 2.84. The Labute approximate surface area is 118 Å². The highest BCUT2D eigenvalue weighted by atomic mass is 16.5. The van der Waals surface area contributed by atoms with Gasteiger partial charge in [-0.05, 0) is 28.5 Å². The number of hydrogen-bond acceptors (Lipinski definition) is 2. The zero-order chi connectivity index (χ0) is 13.4. The lowest BCUT2D eigenvalue weighted by molar-refractivity contribution is 0.287. The number of rotatable bonds is 1. The summed E-state index contributed by atoms with van der Waals surface area (Å²) < 4.78 is 5.88. The molecule has 2 nitrogen and oxygen atoms in total. The van der Waals surface area contributed by atoms with Crippen LogP contribution in [0.5, 0.6) is 5.75 Å². The van der Waals surface area contributed by atoms with Gasteiger partial charge < -0.3 is 10.1 Å². The molecule has 4 rings (SSSR count). The fourth-order valence-corrected chi connectivity index (χ4v) is 2.84. The van der Waals surface area contributed by atoms with Crippen LogP contribution in [0.3, 0.4) is 0 Å². The van der Waals surface area contributed by atoms with E-state index in [0.29, 0.717) is 6.61 Å². The number of hydrogen-bond donors (Lipinski definition) is 1. The minimum absolute atomic E-state index is 0.191. The summed E-state index contributed by atoms with van der Waals surface area (Å²) in [5, 5.41) is 6.14. The molecule has 1 aliphatic heterocycles. The van der Waals surface area contributed by atoms with Crippen molar-refractivity contribution in [2.45, 2.75) is 6.04 Å². The van der Waals surface area contributed by atoms with E-state index < -0.39 is 0 Å². The Morgan fingerprint density at radius 2 is 1.65 bits per heavy atom. The Kier molecular flexibility index (Phi) is 2.59. The maximum absolute atomic E-state index is 5.88. The number of benzene rings is 3. The van der Waals surface area contributed by atoms with Crippen molar-refractivity contribution in [2.75, 3.05) is 11.9 Å². The Bertz CT molecular complexity index is 761. The molecular formula is C18H15NO. The molecule has 0 aromatic heterocycles. The number of anilines is 1. The predicted octanol–water partition coefficient (Wildman–Crippen LogP) is 4.39. The second-order valence-electron chi connectivity index (χ2n) is 5.07. The highest BCUT2D eigenvalue weighted by molar-refractivity contribution is 5.86. The van der Waals surface area contributed by atoms with E-state index in [1.165, 1.54) is 16.3 Å². The summed E-state index contributed by atoms with van der Waals surface area (Å²) in [4.78, 5) is 0. The Hall–Kier alpha value is -2.48. The van der Waals surface area contributed by atoms with Crippen LogP contribution >= 0.6 is 0 Å². The first-order chi connectivity index (χ1) is 9.92. The van der Waals surface area contributed by atoms with Crippen molar-refractivity contribution < 1.29 is 4.74 Å². The molecule has 0 spiro atoms. The van der Waals surface area contributed by atoms with Crippen molar-refractivity contribution in [1.29, 1.82) is 0 Å². The molecule has 20 heavy (non-hydrogen) atoms. The van der Waals surface area contributed by atoms with Gasteiger partial charge in [-0.2, -0.15) is 0 Å².